The van der Waals surface area contributed by atoms with Crippen LogP contribution in [0.25, 0.3) is 21.9 Å². The van der Waals surface area contributed by atoms with Gasteiger partial charge in [0, 0.05) is 30.3 Å². The van der Waals surface area contributed by atoms with Gasteiger partial charge in [-0.1, -0.05) is 6.07 Å². The molecule has 4 amide bonds. The lowest BCUT2D eigenvalue weighted by molar-refractivity contribution is 0.0565. The molecule has 3 aromatic rings. The second kappa shape index (κ2) is 13.5. The first-order chi connectivity index (χ1) is 22.5. The Kier molecular flexibility index (Phi) is 9.72. The zero-order valence-electron chi connectivity index (χ0n) is 28.7. The van der Waals surface area contributed by atoms with Crippen molar-refractivity contribution >= 4 is 46.2 Å². The molecule has 5 rings (SSSR count). The summed E-state index contributed by atoms with van der Waals surface area (Å²) in [5.74, 6) is -0.0395. The number of rotatable bonds is 5. The minimum atomic E-state index is -0.848. The predicted octanol–water partition coefficient (Wildman–Crippen LogP) is 7.52. The lowest BCUT2D eigenvalue weighted by Gasteiger charge is -2.33. The Hall–Kier alpha value is -4.65. The first-order valence-corrected chi connectivity index (χ1v) is 16.0. The zero-order valence-corrected chi connectivity index (χ0v) is 28.7. The number of methoxy groups -OCH3 is 1. The number of halogens is 1. The molecule has 13 heteroatoms. The lowest BCUT2D eigenvalue weighted by Crippen LogP contribution is -2.42. The SMILES string of the molecule is COC1CCC(NC(=O)Nc2cc3cc(-c4ccc5c(c4C)N(C(=O)OC(C)(C)C)CCO5)c(F)c(NC(=O)OC(C)(C)C)c3cn2)C1. The largest absolute Gasteiger partial charge is 0.490 e. The van der Waals surface area contributed by atoms with E-state index in [2.05, 4.69) is 20.9 Å². The summed E-state index contributed by atoms with van der Waals surface area (Å²) in [6, 6.07) is 6.15. The van der Waals surface area contributed by atoms with E-state index in [4.69, 9.17) is 18.9 Å². The van der Waals surface area contributed by atoms with Crippen LogP contribution in [0, 0.1) is 12.7 Å². The van der Waals surface area contributed by atoms with Crippen LogP contribution in [0.5, 0.6) is 5.75 Å². The molecule has 0 radical (unpaired) electrons. The fourth-order valence-electron chi connectivity index (χ4n) is 5.96. The Morgan fingerprint density at radius 3 is 2.40 bits per heavy atom. The van der Waals surface area contributed by atoms with Crippen LogP contribution in [0.4, 0.5) is 36.0 Å². The van der Waals surface area contributed by atoms with Crippen LogP contribution in [0.1, 0.15) is 66.4 Å². The summed E-state index contributed by atoms with van der Waals surface area (Å²) in [7, 11) is 1.66. The Morgan fingerprint density at radius 2 is 1.73 bits per heavy atom. The molecule has 12 nitrogen and oxygen atoms in total. The molecule has 1 aliphatic heterocycles. The van der Waals surface area contributed by atoms with Crippen molar-refractivity contribution in [2.75, 3.05) is 35.8 Å². The maximum absolute atomic E-state index is 16.6. The van der Waals surface area contributed by atoms with E-state index in [0.717, 1.165) is 12.8 Å². The van der Waals surface area contributed by atoms with Crippen LogP contribution in [0.15, 0.2) is 30.5 Å². The maximum Gasteiger partial charge on any atom is 0.415 e. The first-order valence-electron chi connectivity index (χ1n) is 16.0. The van der Waals surface area contributed by atoms with Crippen LogP contribution < -0.4 is 25.6 Å². The Morgan fingerprint density at radius 1 is 1.00 bits per heavy atom. The van der Waals surface area contributed by atoms with Gasteiger partial charge in [-0.25, -0.2) is 23.8 Å². The van der Waals surface area contributed by atoms with Crippen molar-refractivity contribution < 1.29 is 37.7 Å². The van der Waals surface area contributed by atoms with Gasteiger partial charge in [-0.2, -0.15) is 0 Å². The molecule has 0 saturated heterocycles. The number of urea groups is 1. The number of pyridine rings is 1. The van der Waals surface area contributed by atoms with Crippen LogP contribution in [0.2, 0.25) is 0 Å². The standard InChI is InChI=1S/C35H44FN5O7/c1-19-23(11-12-26-30(19)41(13-14-46-26)33(44)48-35(5,6)7)24-15-20-16-27(39-31(42)38-21-9-10-22(17-21)45-8)37-18-25(20)29(28(24)36)40-32(43)47-34(2,3)4/h11-12,15-16,18,21-22H,9-10,13-14,17H2,1-8H3,(H,40,43)(H2,37,38,39,42). The monoisotopic (exact) mass is 665 g/mol. The van der Waals surface area contributed by atoms with Crippen molar-refractivity contribution in [2.24, 2.45) is 0 Å². The van der Waals surface area contributed by atoms with Crippen molar-refractivity contribution in [1.82, 2.24) is 10.3 Å². The second-order valence-corrected chi connectivity index (χ2v) is 14.1. The van der Waals surface area contributed by atoms with E-state index in [9.17, 15) is 14.4 Å². The highest BCUT2D eigenvalue weighted by Gasteiger charge is 2.32. The quantitative estimate of drug-likeness (QED) is 0.254. The minimum Gasteiger partial charge on any atom is -0.490 e. The van der Waals surface area contributed by atoms with E-state index >= 15 is 4.39 Å². The normalized spacial score (nSPS) is 17.7. The van der Waals surface area contributed by atoms with E-state index in [1.807, 2.05) is 0 Å². The number of aromatic nitrogens is 1. The summed E-state index contributed by atoms with van der Waals surface area (Å²) in [6.45, 7) is 12.8. The molecule has 258 valence electrons. The summed E-state index contributed by atoms with van der Waals surface area (Å²) >= 11 is 0. The first kappa shape index (κ1) is 34.7. The number of anilines is 3. The van der Waals surface area contributed by atoms with Gasteiger partial charge in [0.05, 0.1) is 24.0 Å². The van der Waals surface area contributed by atoms with Crippen molar-refractivity contribution in [3.05, 3.63) is 41.8 Å². The highest BCUT2D eigenvalue weighted by atomic mass is 19.1. The maximum atomic E-state index is 16.6. The van der Waals surface area contributed by atoms with Crippen LogP contribution in [0.3, 0.4) is 0 Å². The van der Waals surface area contributed by atoms with Gasteiger partial charge in [0.15, 0.2) is 5.82 Å². The van der Waals surface area contributed by atoms with E-state index in [-0.39, 0.29) is 42.4 Å². The van der Waals surface area contributed by atoms with Gasteiger partial charge >= 0.3 is 18.2 Å². The Bertz CT molecular complexity index is 1730. The fourth-order valence-corrected chi connectivity index (χ4v) is 5.96. The number of fused-ring (bicyclic) bond motifs is 2. The number of carbonyl (C=O) groups is 3. The Labute approximate surface area is 279 Å². The smallest absolute Gasteiger partial charge is 0.415 e. The summed E-state index contributed by atoms with van der Waals surface area (Å²) in [4.78, 5) is 44.8. The molecular weight excluding hydrogens is 621 g/mol. The fraction of sp³-hybridized carbons (Fsp3) is 0.486. The Balaban J connectivity index is 1.56. The zero-order chi connectivity index (χ0) is 35.0. The average Bonchev–Trinajstić information content (AvgIpc) is 3.44. The van der Waals surface area contributed by atoms with E-state index in [1.54, 1.807) is 79.8 Å². The number of hydrogen-bond acceptors (Lipinski definition) is 8. The lowest BCUT2D eigenvalue weighted by atomic mass is 9.94. The number of nitrogens with zero attached hydrogens (tertiary/aromatic N) is 2. The van der Waals surface area contributed by atoms with Crippen molar-refractivity contribution in [2.45, 2.75) is 91.1 Å². The molecule has 48 heavy (non-hydrogen) atoms. The number of carbonyl (C=O) groups excluding carboxylic acids is 3. The molecular formula is C35H44FN5O7. The molecule has 1 fully saturated rings. The summed E-state index contributed by atoms with van der Waals surface area (Å²) in [5, 5.41) is 9.07. The number of benzene rings is 2. The molecule has 3 N–H and O–H groups in total. The third-order valence-electron chi connectivity index (χ3n) is 8.02. The highest BCUT2D eigenvalue weighted by molar-refractivity contribution is 6.05. The van der Waals surface area contributed by atoms with Gasteiger partial charge in [-0.15, -0.1) is 0 Å². The van der Waals surface area contributed by atoms with E-state index in [0.29, 0.717) is 39.8 Å². The average molecular weight is 666 g/mol. The van der Waals surface area contributed by atoms with Gasteiger partial charge in [-0.3, -0.25) is 15.5 Å². The highest BCUT2D eigenvalue weighted by Crippen LogP contribution is 2.44. The third kappa shape index (κ3) is 7.89. The number of hydrogen-bond donors (Lipinski definition) is 3. The summed E-state index contributed by atoms with van der Waals surface area (Å²) in [6.07, 6.45) is 2.48. The second-order valence-electron chi connectivity index (χ2n) is 14.1. The van der Waals surface area contributed by atoms with Crippen LogP contribution >= 0.6 is 0 Å². The molecule has 2 aromatic carbocycles. The molecule has 1 aliphatic carbocycles. The predicted molar refractivity (Wildman–Crippen MR) is 181 cm³/mol. The van der Waals surface area contributed by atoms with Crippen molar-refractivity contribution in [1.29, 1.82) is 0 Å². The van der Waals surface area contributed by atoms with Gasteiger partial charge < -0.3 is 24.3 Å². The molecule has 0 spiro atoms. The van der Waals surface area contributed by atoms with Gasteiger partial charge in [0.1, 0.15) is 29.4 Å². The van der Waals surface area contributed by atoms with E-state index < -0.39 is 35.2 Å². The van der Waals surface area contributed by atoms with Crippen LogP contribution in [-0.2, 0) is 14.2 Å². The topological polar surface area (TPSA) is 140 Å². The number of nitrogens with one attached hydrogen (secondary N) is 3. The number of amides is 4. The number of ether oxygens (including phenoxy) is 4. The minimum absolute atomic E-state index is 0.0306. The molecule has 2 atom stereocenters. The van der Waals surface area contributed by atoms with Gasteiger partial charge in [0.2, 0.25) is 0 Å². The molecule has 1 aromatic heterocycles. The van der Waals surface area contributed by atoms with Crippen molar-refractivity contribution in [3.8, 4) is 16.9 Å². The van der Waals surface area contributed by atoms with E-state index in [1.165, 1.54) is 11.1 Å². The third-order valence-corrected chi connectivity index (χ3v) is 8.02. The molecule has 0 bridgehead atoms. The van der Waals surface area contributed by atoms with Gasteiger partial charge in [-0.05, 0) is 102 Å². The summed E-state index contributed by atoms with van der Waals surface area (Å²) < 4.78 is 39.0. The van der Waals surface area contributed by atoms with Crippen LogP contribution in [-0.4, -0.2) is 66.8 Å². The molecule has 2 aliphatic rings. The van der Waals surface area contributed by atoms with Crippen molar-refractivity contribution in [3.63, 3.8) is 0 Å². The van der Waals surface area contributed by atoms with Gasteiger partial charge in [0.25, 0.3) is 0 Å². The molecule has 1 saturated carbocycles. The molecule has 2 heterocycles. The molecule has 2 unspecified atom stereocenters. The summed E-state index contributed by atoms with van der Waals surface area (Å²) in [5.41, 5.74) is -0.0796.